The predicted octanol–water partition coefficient (Wildman–Crippen LogP) is 0.317. The van der Waals surface area contributed by atoms with Crippen molar-refractivity contribution in [2.75, 3.05) is 25.0 Å². The second kappa shape index (κ2) is 7.02. The minimum absolute atomic E-state index is 0.000635. The number of sulfonamides is 1. The van der Waals surface area contributed by atoms with Crippen molar-refractivity contribution in [3.8, 4) is 0 Å². The highest BCUT2D eigenvalue weighted by Gasteiger charge is 2.25. The zero-order valence-corrected chi connectivity index (χ0v) is 13.2. The molecule has 1 atom stereocenters. The lowest BCUT2D eigenvalue weighted by molar-refractivity contribution is -0.384. The fourth-order valence-corrected chi connectivity index (χ4v) is 3.10. The summed E-state index contributed by atoms with van der Waals surface area (Å²) >= 11 is 0. The third kappa shape index (κ3) is 4.47. The maximum atomic E-state index is 11.3. The van der Waals surface area contributed by atoms with Gasteiger partial charge in [0.15, 0.2) is 0 Å². The van der Waals surface area contributed by atoms with Crippen LogP contribution in [-0.2, 0) is 14.8 Å². The Morgan fingerprint density at radius 1 is 1.48 bits per heavy atom. The lowest BCUT2D eigenvalue weighted by Crippen LogP contribution is -2.27. The summed E-state index contributed by atoms with van der Waals surface area (Å²) in [6.45, 7) is 2.13. The maximum absolute atomic E-state index is 11.3. The van der Waals surface area contributed by atoms with Gasteiger partial charge in [0.1, 0.15) is 12.0 Å². The molecule has 0 radical (unpaired) electrons. The van der Waals surface area contributed by atoms with Crippen LogP contribution < -0.4 is 10.5 Å². The summed E-state index contributed by atoms with van der Waals surface area (Å²) in [4.78, 5) is 22.7. The Balaban J connectivity index is 2.14. The minimum atomic E-state index is -4.00. The number of nitro benzene ring substituents is 1. The van der Waals surface area contributed by atoms with Gasteiger partial charge in [-0.2, -0.15) is 0 Å². The van der Waals surface area contributed by atoms with Gasteiger partial charge in [-0.15, -0.1) is 0 Å². The third-order valence-electron chi connectivity index (χ3n) is 3.69. The number of hydrogen-bond donors (Lipinski definition) is 2. The Morgan fingerprint density at radius 3 is 2.83 bits per heavy atom. The Labute approximate surface area is 133 Å². The predicted molar refractivity (Wildman–Crippen MR) is 83.6 cm³/mol. The van der Waals surface area contributed by atoms with Crippen LogP contribution in [0.15, 0.2) is 23.1 Å². The average molecular weight is 342 g/mol. The van der Waals surface area contributed by atoms with E-state index in [1.165, 1.54) is 12.1 Å². The minimum Gasteiger partial charge on any atom is -0.375 e. The highest BCUT2D eigenvalue weighted by atomic mass is 32.2. The first-order chi connectivity index (χ1) is 10.8. The summed E-state index contributed by atoms with van der Waals surface area (Å²) in [5.41, 5.74) is -0.0764. The van der Waals surface area contributed by atoms with E-state index in [0.717, 1.165) is 25.3 Å². The van der Waals surface area contributed by atoms with Crippen molar-refractivity contribution in [2.24, 2.45) is 5.14 Å². The van der Waals surface area contributed by atoms with Gasteiger partial charge in [-0.05, 0) is 18.6 Å². The van der Waals surface area contributed by atoms with Gasteiger partial charge in [0, 0.05) is 38.2 Å². The van der Waals surface area contributed by atoms with Gasteiger partial charge in [0.05, 0.1) is 9.82 Å². The number of nitrogens with zero attached hydrogens (tertiary/aromatic N) is 2. The van der Waals surface area contributed by atoms with Gasteiger partial charge in [0.25, 0.3) is 5.69 Å². The van der Waals surface area contributed by atoms with Crippen LogP contribution >= 0.6 is 0 Å². The molecule has 126 valence electrons. The molecule has 0 spiro atoms. The van der Waals surface area contributed by atoms with E-state index >= 15 is 0 Å². The van der Waals surface area contributed by atoms with Crippen molar-refractivity contribution >= 4 is 27.7 Å². The molecule has 0 bridgehead atoms. The molecule has 0 amide bonds. The normalized spacial score (nSPS) is 18.7. The summed E-state index contributed by atoms with van der Waals surface area (Å²) in [7, 11) is -4.00. The van der Waals surface area contributed by atoms with E-state index < -0.39 is 14.9 Å². The summed E-state index contributed by atoms with van der Waals surface area (Å²) in [5, 5.41) is 19.2. The number of rotatable bonds is 7. The molecule has 0 unspecified atom stereocenters. The van der Waals surface area contributed by atoms with Crippen LogP contribution in [0.2, 0.25) is 0 Å². The van der Waals surface area contributed by atoms with Crippen LogP contribution in [0.3, 0.4) is 0 Å². The molecule has 2 rings (SSSR count). The van der Waals surface area contributed by atoms with Crippen molar-refractivity contribution in [1.82, 2.24) is 4.90 Å². The molecule has 0 saturated carbocycles. The van der Waals surface area contributed by atoms with Crippen LogP contribution in [0.5, 0.6) is 0 Å². The van der Waals surface area contributed by atoms with Crippen LogP contribution in [0.4, 0.5) is 11.4 Å². The molecule has 1 aliphatic rings. The standard InChI is InChI=1S/C13H18N4O5S/c14-23(21,22)11-2-3-12(13(8-11)17(19)20)15-10-4-6-16(9-10)5-1-7-18/h2-3,7-8,10,15H,1,4-6,9H2,(H2,14,21,22)/t10-/m0/s1. The fourth-order valence-electron chi connectivity index (χ4n) is 2.57. The van der Waals surface area contributed by atoms with Crippen molar-refractivity contribution in [3.63, 3.8) is 0 Å². The molecule has 3 N–H and O–H groups in total. The molecular weight excluding hydrogens is 324 g/mol. The lowest BCUT2D eigenvalue weighted by atomic mass is 10.2. The third-order valence-corrected chi connectivity index (χ3v) is 4.60. The number of anilines is 1. The number of carbonyl (C=O) groups excluding carboxylic acids is 1. The van der Waals surface area contributed by atoms with Crippen LogP contribution in [-0.4, -0.2) is 50.2 Å². The first kappa shape index (κ1) is 17.3. The Hall–Kier alpha value is -2.04. The van der Waals surface area contributed by atoms with Crippen molar-refractivity contribution < 1.29 is 18.1 Å². The first-order valence-electron chi connectivity index (χ1n) is 7.05. The van der Waals surface area contributed by atoms with E-state index in [1.807, 2.05) is 0 Å². The molecule has 10 heteroatoms. The largest absolute Gasteiger partial charge is 0.375 e. The smallest absolute Gasteiger partial charge is 0.293 e. The van der Waals surface area contributed by atoms with E-state index in [0.29, 0.717) is 19.5 Å². The highest BCUT2D eigenvalue weighted by Crippen LogP contribution is 2.29. The Morgan fingerprint density at radius 2 is 2.22 bits per heavy atom. The Kier molecular flexibility index (Phi) is 5.29. The van der Waals surface area contributed by atoms with Crippen molar-refractivity contribution in [1.29, 1.82) is 0 Å². The zero-order valence-electron chi connectivity index (χ0n) is 12.3. The number of nitrogens with one attached hydrogen (secondary N) is 1. The van der Waals surface area contributed by atoms with Gasteiger partial charge < -0.3 is 15.0 Å². The monoisotopic (exact) mass is 342 g/mol. The molecule has 23 heavy (non-hydrogen) atoms. The lowest BCUT2D eigenvalue weighted by Gasteiger charge is -2.16. The molecule has 1 aromatic carbocycles. The second-order valence-electron chi connectivity index (χ2n) is 5.37. The van der Waals surface area contributed by atoms with E-state index in [1.54, 1.807) is 0 Å². The van der Waals surface area contributed by atoms with E-state index in [2.05, 4.69) is 10.2 Å². The number of carbonyl (C=O) groups is 1. The molecule has 1 fully saturated rings. The highest BCUT2D eigenvalue weighted by molar-refractivity contribution is 7.89. The van der Waals surface area contributed by atoms with Gasteiger partial charge in [-0.1, -0.05) is 0 Å². The number of nitro groups is 1. The van der Waals surface area contributed by atoms with E-state index in [9.17, 15) is 23.3 Å². The summed E-state index contributed by atoms with van der Waals surface area (Å²) in [6, 6.07) is 3.55. The topological polar surface area (TPSA) is 136 Å². The number of likely N-dealkylation sites (tertiary alicyclic amines) is 1. The SMILES string of the molecule is NS(=O)(=O)c1ccc(N[C@H]2CCN(CCC=O)C2)c([N+](=O)[O-])c1. The number of primary sulfonamides is 1. The molecular formula is C13H18N4O5S. The van der Waals surface area contributed by atoms with Crippen LogP contribution in [0.1, 0.15) is 12.8 Å². The van der Waals surface area contributed by atoms with Gasteiger partial charge in [-0.25, -0.2) is 13.6 Å². The zero-order chi connectivity index (χ0) is 17.0. The van der Waals surface area contributed by atoms with Gasteiger partial charge >= 0.3 is 0 Å². The quantitative estimate of drug-likeness (QED) is 0.413. The van der Waals surface area contributed by atoms with E-state index in [4.69, 9.17) is 5.14 Å². The molecule has 1 heterocycles. The second-order valence-corrected chi connectivity index (χ2v) is 6.93. The number of nitrogens with two attached hydrogens (primary N) is 1. The number of benzene rings is 1. The fraction of sp³-hybridized carbons (Fsp3) is 0.462. The first-order valence-corrected chi connectivity index (χ1v) is 8.59. The average Bonchev–Trinajstić information content (AvgIpc) is 2.91. The van der Waals surface area contributed by atoms with Crippen molar-refractivity contribution in [2.45, 2.75) is 23.8 Å². The molecule has 1 saturated heterocycles. The summed E-state index contributed by atoms with van der Waals surface area (Å²) in [6.07, 6.45) is 2.10. The number of hydrogen-bond acceptors (Lipinski definition) is 7. The van der Waals surface area contributed by atoms with Gasteiger partial charge in [0.2, 0.25) is 10.0 Å². The molecule has 0 aliphatic carbocycles. The van der Waals surface area contributed by atoms with E-state index in [-0.39, 0.29) is 22.3 Å². The van der Waals surface area contributed by atoms with Crippen LogP contribution in [0, 0.1) is 10.1 Å². The molecule has 9 nitrogen and oxygen atoms in total. The summed E-state index contributed by atoms with van der Waals surface area (Å²) in [5.74, 6) is 0. The molecule has 0 aromatic heterocycles. The number of aldehydes is 1. The van der Waals surface area contributed by atoms with Crippen LogP contribution in [0.25, 0.3) is 0 Å². The van der Waals surface area contributed by atoms with Crippen molar-refractivity contribution in [3.05, 3.63) is 28.3 Å². The summed E-state index contributed by atoms with van der Waals surface area (Å²) < 4.78 is 22.6. The molecule has 1 aliphatic heterocycles. The Bertz CT molecular complexity index is 706. The van der Waals surface area contributed by atoms with Gasteiger partial charge in [-0.3, -0.25) is 10.1 Å². The molecule has 1 aromatic rings. The maximum Gasteiger partial charge on any atom is 0.293 e.